The van der Waals surface area contributed by atoms with E-state index in [1.54, 1.807) is 7.11 Å². The third-order valence-corrected chi connectivity index (χ3v) is 14.6. The molecule has 0 bridgehead atoms. The second-order valence-electron chi connectivity index (χ2n) is 18.6. The number of ether oxygens (including phenoxy) is 1. The maximum atomic E-state index is 14.4. The molecule has 4 aliphatic carbocycles. The number of rotatable bonds is 11. The van der Waals surface area contributed by atoms with Gasteiger partial charge in [-0.15, -0.1) is 0 Å². The standard InChI is InChI=1S/C44H73N2O6/c1-5-8-33(26-47)34-21-29(19-28-17-18-46-42(45)22-28)20-31-13-15-36(35-10-7-6-9-30(35)12-11-27(2)3)37-25-40(49)41(52-4)24-32(37)14-16-39(48)44(51)43(50)38(31)23-34/h27-38,40-42,44,46-47,49H,5-12,14,16-26,45H2,1-4H3/q-1/p+1. The van der Waals surface area contributed by atoms with Gasteiger partial charge in [0.25, 0.3) is 0 Å². The van der Waals surface area contributed by atoms with Crippen molar-refractivity contribution in [3.63, 3.8) is 0 Å². The smallest absolute Gasteiger partial charge is 0.137 e. The first-order valence-electron chi connectivity index (χ1n) is 21.7. The summed E-state index contributed by atoms with van der Waals surface area (Å²) in [6.07, 6.45) is 13.5. The predicted molar refractivity (Wildman–Crippen MR) is 202 cm³/mol. The number of Topliss-reactive ketones (excluding diaryl/α,β-unsaturated/α-hetero) is 2. The van der Waals surface area contributed by atoms with Crippen LogP contribution in [0.4, 0.5) is 0 Å². The van der Waals surface area contributed by atoms with Gasteiger partial charge in [-0.25, -0.2) is 0 Å². The zero-order chi connectivity index (χ0) is 37.4. The number of ketones is 2. The van der Waals surface area contributed by atoms with Crippen LogP contribution in [0.25, 0.3) is 0 Å². The van der Waals surface area contributed by atoms with E-state index in [0.29, 0.717) is 55.3 Å². The first-order chi connectivity index (χ1) is 25.0. The Labute approximate surface area is 315 Å². The van der Waals surface area contributed by atoms with Crippen molar-refractivity contribution in [1.82, 2.24) is 0 Å². The highest BCUT2D eigenvalue weighted by Crippen LogP contribution is 2.49. The summed E-state index contributed by atoms with van der Waals surface area (Å²) in [5.74, 6) is 8.80. The van der Waals surface area contributed by atoms with E-state index in [9.17, 15) is 24.9 Å². The summed E-state index contributed by atoms with van der Waals surface area (Å²) < 4.78 is 5.76. The molecule has 15 atom stereocenters. The third-order valence-electron chi connectivity index (χ3n) is 14.6. The van der Waals surface area contributed by atoms with Crippen molar-refractivity contribution in [2.24, 2.45) is 76.7 Å². The van der Waals surface area contributed by atoms with Gasteiger partial charge in [0.05, 0.1) is 18.8 Å². The van der Waals surface area contributed by atoms with E-state index in [-0.39, 0.29) is 60.8 Å². The van der Waals surface area contributed by atoms with Crippen molar-refractivity contribution >= 4 is 11.6 Å². The minimum Gasteiger partial charge on any atom is -0.841 e. The van der Waals surface area contributed by atoms with Crippen LogP contribution >= 0.6 is 0 Å². The summed E-state index contributed by atoms with van der Waals surface area (Å²) in [5.41, 5.74) is 6.42. The molecule has 8 nitrogen and oxygen atoms in total. The monoisotopic (exact) mass is 727 g/mol. The van der Waals surface area contributed by atoms with Gasteiger partial charge in [-0.2, -0.15) is 0 Å². The van der Waals surface area contributed by atoms with Crippen LogP contribution in [0.1, 0.15) is 136 Å². The lowest BCUT2D eigenvalue weighted by Crippen LogP contribution is -2.94. The van der Waals surface area contributed by atoms with Gasteiger partial charge in [0, 0.05) is 44.3 Å². The highest BCUT2D eigenvalue weighted by Gasteiger charge is 2.46. The molecule has 1 heterocycles. The number of hydrogen-bond acceptors (Lipinski definition) is 7. The molecule has 6 N–H and O–H groups in total. The molecule has 5 rings (SSSR count). The first-order valence-corrected chi connectivity index (χ1v) is 21.7. The van der Waals surface area contributed by atoms with Gasteiger partial charge in [0.15, 0.2) is 0 Å². The molecule has 0 aromatic heterocycles. The lowest BCUT2D eigenvalue weighted by atomic mass is 9.60. The van der Waals surface area contributed by atoms with Crippen LogP contribution < -0.4 is 16.2 Å². The topological polar surface area (TPSA) is 150 Å². The number of aliphatic hydroxyl groups is 2. The number of methoxy groups -OCH3 is 1. The fourth-order valence-corrected chi connectivity index (χ4v) is 11.8. The average Bonchev–Trinajstić information content (AvgIpc) is 3.30. The van der Waals surface area contributed by atoms with Crippen LogP contribution in [-0.2, 0) is 14.3 Å². The number of hydrogen-bond donors (Lipinski definition) is 4. The number of piperidine rings is 1. The molecule has 0 aromatic rings. The van der Waals surface area contributed by atoms with Crippen molar-refractivity contribution in [3.8, 4) is 11.8 Å². The van der Waals surface area contributed by atoms with Crippen LogP contribution in [0.2, 0.25) is 0 Å². The van der Waals surface area contributed by atoms with Gasteiger partial charge in [-0.3, -0.25) is 5.73 Å². The van der Waals surface area contributed by atoms with Gasteiger partial charge in [-0.1, -0.05) is 64.7 Å². The molecule has 3 saturated carbocycles. The molecule has 8 heteroatoms. The molecular formula is C44H74N2O6. The molecule has 1 aliphatic heterocycles. The number of fused-ring (bicyclic) bond motifs is 2. The quantitative estimate of drug-likeness (QED) is 0.179. The van der Waals surface area contributed by atoms with E-state index in [0.717, 1.165) is 57.9 Å². The Morgan fingerprint density at radius 2 is 1.75 bits per heavy atom. The predicted octanol–water partition coefficient (Wildman–Crippen LogP) is 4.62. The zero-order valence-corrected chi connectivity index (χ0v) is 33.1. The third kappa shape index (κ3) is 10.7. The summed E-state index contributed by atoms with van der Waals surface area (Å²) in [7, 11) is 1.65. The molecule has 296 valence electrons. The molecule has 5 aliphatic rings. The second-order valence-corrected chi connectivity index (χ2v) is 18.6. The van der Waals surface area contributed by atoms with Crippen molar-refractivity contribution in [2.75, 3.05) is 20.3 Å². The van der Waals surface area contributed by atoms with Gasteiger partial charge >= 0.3 is 0 Å². The molecule has 0 amide bonds. The average molecular weight is 727 g/mol. The lowest BCUT2D eigenvalue weighted by molar-refractivity contribution is -0.699. The number of quaternary nitrogens is 1. The number of nitrogens with two attached hydrogens (primary N) is 2. The molecule has 0 aromatic carbocycles. The SMILES string of the molecule is CCCC(CO)C1CC(CC2CC[NH2+]C(N)C2)CC2C#CC(C3CCCCC3CCC(C)C)C3CC(O)C(OC)CC3CCC(=O)C([O-])C(=O)C2C1. The van der Waals surface area contributed by atoms with E-state index in [4.69, 9.17) is 10.5 Å². The van der Waals surface area contributed by atoms with E-state index < -0.39 is 29.7 Å². The fraction of sp³-hybridized carbons (Fsp3) is 0.909. The Morgan fingerprint density at radius 3 is 2.46 bits per heavy atom. The number of carbonyl (C=O) groups is 2. The Hall–Kier alpha value is -1.34. The second kappa shape index (κ2) is 20.0. The molecule has 52 heavy (non-hydrogen) atoms. The minimum atomic E-state index is -1.89. The lowest BCUT2D eigenvalue weighted by Gasteiger charge is -2.46. The maximum Gasteiger partial charge on any atom is 0.137 e. The molecule has 1 saturated heterocycles. The normalized spacial score (nSPS) is 41.4. The highest BCUT2D eigenvalue weighted by molar-refractivity contribution is 6.05. The van der Waals surface area contributed by atoms with Gasteiger partial charge in [0.2, 0.25) is 0 Å². The molecule has 4 fully saturated rings. The van der Waals surface area contributed by atoms with Crippen molar-refractivity contribution in [3.05, 3.63) is 0 Å². The Kier molecular flexibility index (Phi) is 16.1. The highest BCUT2D eigenvalue weighted by atomic mass is 16.5. The van der Waals surface area contributed by atoms with Crippen LogP contribution in [0, 0.1) is 82.9 Å². The summed E-state index contributed by atoms with van der Waals surface area (Å²) in [5, 5.41) is 38.1. The van der Waals surface area contributed by atoms with Crippen LogP contribution in [0.3, 0.4) is 0 Å². The van der Waals surface area contributed by atoms with Crippen molar-refractivity contribution < 1.29 is 35.0 Å². The molecular weight excluding hydrogens is 652 g/mol. The van der Waals surface area contributed by atoms with E-state index >= 15 is 0 Å². The molecule has 15 unspecified atom stereocenters. The summed E-state index contributed by atoms with van der Waals surface area (Å²) in [4.78, 5) is 28.1. The first kappa shape index (κ1) is 41.8. The van der Waals surface area contributed by atoms with Gasteiger partial charge in [0.1, 0.15) is 17.7 Å². The van der Waals surface area contributed by atoms with Crippen LogP contribution in [-0.4, -0.2) is 66.5 Å². The Bertz CT molecular complexity index is 1200. The van der Waals surface area contributed by atoms with E-state index in [1.165, 1.54) is 32.1 Å². The zero-order valence-electron chi connectivity index (χ0n) is 33.1. The Balaban J connectivity index is 1.58. The summed E-state index contributed by atoms with van der Waals surface area (Å²) >= 11 is 0. The Morgan fingerprint density at radius 1 is 0.962 bits per heavy atom. The van der Waals surface area contributed by atoms with E-state index in [2.05, 4.69) is 37.9 Å². The largest absolute Gasteiger partial charge is 0.841 e. The number of aliphatic hydroxyl groups excluding tert-OH is 2. The molecule has 0 radical (unpaired) electrons. The fourth-order valence-electron chi connectivity index (χ4n) is 11.8. The van der Waals surface area contributed by atoms with Crippen molar-refractivity contribution in [2.45, 2.75) is 161 Å². The summed E-state index contributed by atoms with van der Waals surface area (Å²) in [6.45, 7) is 7.85. The number of carbonyl (C=O) groups excluding carboxylic acids is 2. The van der Waals surface area contributed by atoms with Gasteiger partial charge < -0.3 is 35.0 Å². The minimum absolute atomic E-state index is 0.0612. The van der Waals surface area contributed by atoms with Crippen LogP contribution in [0.5, 0.6) is 0 Å². The summed E-state index contributed by atoms with van der Waals surface area (Å²) in [6, 6.07) is 0. The van der Waals surface area contributed by atoms with Gasteiger partial charge in [-0.05, 0) is 130 Å². The van der Waals surface area contributed by atoms with Crippen LogP contribution in [0.15, 0.2) is 0 Å². The molecule has 0 spiro atoms. The van der Waals surface area contributed by atoms with E-state index in [1.807, 2.05) is 0 Å². The maximum absolute atomic E-state index is 14.4. The van der Waals surface area contributed by atoms with Crippen molar-refractivity contribution in [1.29, 1.82) is 0 Å².